The number of benzene rings is 1. The van der Waals surface area contributed by atoms with Crippen LogP contribution in [-0.4, -0.2) is 39.0 Å². The molecule has 6 heteroatoms. The first kappa shape index (κ1) is 19.9. The SMILES string of the molecule is Cc1ccc(C2CC3(C2)CN(C(=O)c2ccc(-c4noc(C(C)(C)C)n4)cc2)C3)cn1. The Morgan fingerprint density at radius 3 is 2.39 bits per heavy atom. The number of amides is 1. The highest BCUT2D eigenvalue weighted by molar-refractivity contribution is 5.95. The fourth-order valence-electron chi connectivity index (χ4n) is 4.70. The minimum atomic E-state index is -0.189. The van der Waals surface area contributed by atoms with Gasteiger partial charge in [-0.15, -0.1) is 0 Å². The van der Waals surface area contributed by atoms with Gasteiger partial charge in [-0.3, -0.25) is 9.78 Å². The molecular weight excluding hydrogens is 388 g/mol. The zero-order valence-corrected chi connectivity index (χ0v) is 18.6. The van der Waals surface area contributed by atoms with Crippen molar-refractivity contribution in [3.8, 4) is 11.4 Å². The third kappa shape index (κ3) is 3.64. The Balaban J connectivity index is 1.19. The van der Waals surface area contributed by atoms with E-state index in [9.17, 15) is 4.79 Å². The molecule has 6 nitrogen and oxygen atoms in total. The summed E-state index contributed by atoms with van der Waals surface area (Å²) in [6, 6.07) is 11.8. The lowest BCUT2D eigenvalue weighted by atomic mass is 9.56. The molecule has 0 N–H and O–H groups in total. The summed E-state index contributed by atoms with van der Waals surface area (Å²) in [6.45, 7) is 9.82. The van der Waals surface area contributed by atoms with E-state index in [1.807, 2.05) is 63.1 Å². The molecular formula is C25H28N4O2. The Hall–Kier alpha value is -3.02. The van der Waals surface area contributed by atoms with Gasteiger partial charge in [0.05, 0.1) is 0 Å². The van der Waals surface area contributed by atoms with Crippen LogP contribution in [0.1, 0.15) is 67.0 Å². The Kier molecular flexibility index (Phi) is 4.50. The molecule has 31 heavy (non-hydrogen) atoms. The largest absolute Gasteiger partial charge is 0.338 e. The van der Waals surface area contributed by atoms with E-state index in [2.05, 4.69) is 27.3 Å². The van der Waals surface area contributed by atoms with Gasteiger partial charge in [0, 0.05) is 46.9 Å². The van der Waals surface area contributed by atoms with Gasteiger partial charge in [-0.25, -0.2) is 0 Å². The highest BCUT2D eigenvalue weighted by Crippen LogP contribution is 2.56. The van der Waals surface area contributed by atoms with Crippen LogP contribution in [0.5, 0.6) is 0 Å². The molecule has 1 aromatic carbocycles. The monoisotopic (exact) mass is 416 g/mol. The summed E-state index contributed by atoms with van der Waals surface area (Å²) >= 11 is 0. The van der Waals surface area contributed by atoms with Crippen LogP contribution in [-0.2, 0) is 5.41 Å². The van der Waals surface area contributed by atoms with Crippen LogP contribution in [0, 0.1) is 12.3 Å². The van der Waals surface area contributed by atoms with Crippen LogP contribution in [0.3, 0.4) is 0 Å². The quantitative estimate of drug-likeness (QED) is 0.616. The lowest BCUT2D eigenvalue weighted by Crippen LogP contribution is -2.63. The number of rotatable bonds is 3. The van der Waals surface area contributed by atoms with Crippen molar-refractivity contribution in [2.45, 2.75) is 51.9 Å². The smallest absolute Gasteiger partial charge is 0.253 e. The zero-order chi connectivity index (χ0) is 21.8. The van der Waals surface area contributed by atoms with Crippen molar-refractivity contribution >= 4 is 5.91 Å². The van der Waals surface area contributed by atoms with Crippen LogP contribution in [0.25, 0.3) is 11.4 Å². The average Bonchev–Trinajstić information content (AvgIpc) is 3.18. The molecule has 0 bridgehead atoms. The van der Waals surface area contributed by atoms with E-state index in [1.165, 1.54) is 5.56 Å². The first-order chi connectivity index (χ1) is 14.7. The molecule has 0 atom stereocenters. The standard InChI is InChI=1S/C25H28N4O2/c1-16-5-6-19(13-26-16)20-11-25(12-20)14-29(15-25)22(30)18-9-7-17(8-10-18)21-27-23(31-28-21)24(2,3)4/h5-10,13,20H,11-12,14-15H2,1-4H3. The summed E-state index contributed by atoms with van der Waals surface area (Å²) in [5.74, 6) is 1.84. The maximum atomic E-state index is 12.9. The van der Waals surface area contributed by atoms with E-state index >= 15 is 0 Å². The van der Waals surface area contributed by atoms with E-state index in [1.54, 1.807) is 0 Å². The highest BCUT2D eigenvalue weighted by Gasteiger charge is 2.53. The highest BCUT2D eigenvalue weighted by atomic mass is 16.5. The second-order valence-corrected chi connectivity index (χ2v) is 10.2. The third-order valence-electron chi connectivity index (χ3n) is 6.56. The van der Waals surface area contributed by atoms with Gasteiger partial charge in [-0.2, -0.15) is 4.98 Å². The summed E-state index contributed by atoms with van der Waals surface area (Å²) in [7, 11) is 0. The van der Waals surface area contributed by atoms with Gasteiger partial charge >= 0.3 is 0 Å². The summed E-state index contributed by atoms with van der Waals surface area (Å²) in [5, 5.41) is 4.08. The number of carbonyl (C=O) groups is 1. The van der Waals surface area contributed by atoms with Gasteiger partial charge in [0.25, 0.3) is 5.91 Å². The molecule has 2 aromatic heterocycles. The number of hydrogen-bond donors (Lipinski definition) is 0. The van der Waals surface area contributed by atoms with Crippen LogP contribution in [0.2, 0.25) is 0 Å². The molecule has 1 saturated carbocycles. The van der Waals surface area contributed by atoms with Gasteiger partial charge in [0.15, 0.2) is 0 Å². The molecule has 1 aliphatic heterocycles. The number of pyridine rings is 1. The molecule has 0 unspecified atom stereocenters. The fraction of sp³-hybridized carbons (Fsp3) is 0.440. The van der Waals surface area contributed by atoms with E-state index in [-0.39, 0.29) is 11.3 Å². The Morgan fingerprint density at radius 1 is 1.10 bits per heavy atom. The van der Waals surface area contributed by atoms with E-state index in [0.717, 1.165) is 37.2 Å². The molecule has 1 saturated heterocycles. The Labute approximate surface area is 182 Å². The molecule has 2 fully saturated rings. The van der Waals surface area contributed by atoms with Gasteiger partial charge in [0.2, 0.25) is 11.7 Å². The molecule has 3 aromatic rings. The molecule has 5 rings (SSSR count). The molecule has 0 radical (unpaired) electrons. The zero-order valence-electron chi connectivity index (χ0n) is 18.6. The number of nitrogens with zero attached hydrogens (tertiary/aromatic N) is 4. The second-order valence-electron chi connectivity index (χ2n) is 10.2. The fourth-order valence-corrected chi connectivity index (χ4v) is 4.70. The molecule has 1 amide bonds. The van der Waals surface area contributed by atoms with Crippen molar-refractivity contribution in [2.24, 2.45) is 5.41 Å². The van der Waals surface area contributed by atoms with Crippen molar-refractivity contribution in [3.05, 3.63) is 65.3 Å². The first-order valence-corrected chi connectivity index (χ1v) is 10.9. The van der Waals surface area contributed by atoms with Gasteiger partial charge < -0.3 is 9.42 Å². The maximum Gasteiger partial charge on any atom is 0.253 e. The first-order valence-electron chi connectivity index (χ1n) is 10.9. The minimum absolute atomic E-state index is 0.0983. The molecule has 2 aliphatic rings. The summed E-state index contributed by atoms with van der Waals surface area (Å²) in [6.07, 6.45) is 4.30. The number of likely N-dealkylation sites (tertiary alicyclic amines) is 1. The van der Waals surface area contributed by atoms with Gasteiger partial charge in [-0.05, 0) is 49.4 Å². The third-order valence-corrected chi connectivity index (χ3v) is 6.56. The van der Waals surface area contributed by atoms with Crippen molar-refractivity contribution < 1.29 is 9.32 Å². The number of carbonyl (C=O) groups excluding carboxylic acids is 1. The van der Waals surface area contributed by atoms with Gasteiger partial charge in [-0.1, -0.05) is 44.1 Å². The maximum absolute atomic E-state index is 12.9. The van der Waals surface area contributed by atoms with Crippen molar-refractivity contribution in [1.82, 2.24) is 20.0 Å². The summed E-state index contributed by atoms with van der Waals surface area (Å²) in [5.41, 5.74) is 4.05. The Morgan fingerprint density at radius 2 is 1.81 bits per heavy atom. The van der Waals surface area contributed by atoms with Crippen LogP contribution >= 0.6 is 0 Å². The van der Waals surface area contributed by atoms with Crippen molar-refractivity contribution in [3.63, 3.8) is 0 Å². The average molecular weight is 417 g/mol. The topological polar surface area (TPSA) is 72.1 Å². The van der Waals surface area contributed by atoms with Gasteiger partial charge in [0.1, 0.15) is 0 Å². The van der Waals surface area contributed by atoms with Crippen molar-refractivity contribution in [1.29, 1.82) is 0 Å². The molecule has 3 heterocycles. The molecule has 1 aliphatic carbocycles. The number of hydrogen-bond acceptors (Lipinski definition) is 5. The van der Waals surface area contributed by atoms with Crippen LogP contribution in [0.4, 0.5) is 0 Å². The number of aryl methyl sites for hydroxylation is 1. The predicted molar refractivity (Wildman–Crippen MR) is 118 cm³/mol. The molecule has 160 valence electrons. The minimum Gasteiger partial charge on any atom is -0.338 e. The van der Waals surface area contributed by atoms with Crippen LogP contribution in [0.15, 0.2) is 47.1 Å². The second kappa shape index (κ2) is 7.01. The number of aromatic nitrogens is 3. The van der Waals surface area contributed by atoms with E-state index < -0.39 is 0 Å². The van der Waals surface area contributed by atoms with E-state index in [4.69, 9.17) is 4.52 Å². The lowest BCUT2D eigenvalue weighted by molar-refractivity contribution is -0.0554. The summed E-state index contributed by atoms with van der Waals surface area (Å²) in [4.78, 5) is 23.8. The normalized spacial score (nSPS) is 18.0. The van der Waals surface area contributed by atoms with Crippen molar-refractivity contribution in [2.75, 3.05) is 13.1 Å². The Bertz CT molecular complexity index is 1100. The van der Waals surface area contributed by atoms with Crippen LogP contribution < -0.4 is 0 Å². The lowest BCUT2D eigenvalue weighted by Gasteiger charge is -2.59. The summed E-state index contributed by atoms with van der Waals surface area (Å²) < 4.78 is 5.37. The van der Waals surface area contributed by atoms with E-state index in [0.29, 0.717) is 28.6 Å². The molecule has 1 spiro atoms. The predicted octanol–water partition coefficient (Wildman–Crippen LogP) is 4.76.